The summed E-state index contributed by atoms with van der Waals surface area (Å²) in [7, 11) is 0. The number of aliphatic hydroxyl groups is 1. The van der Waals surface area contributed by atoms with E-state index in [4.69, 9.17) is 9.47 Å². The van der Waals surface area contributed by atoms with Crippen LogP contribution in [0, 0.1) is 0 Å². The number of benzene rings is 3. The Morgan fingerprint density at radius 2 is 1.25 bits per heavy atom. The third-order valence-corrected chi connectivity index (χ3v) is 5.39. The molecular formula is C28H30N2O6. The van der Waals surface area contributed by atoms with Crippen molar-refractivity contribution >= 4 is 18.0 Å². The fourth-order valence-corrected chi connectivity index (χ4v) is 3.59. The molecule has 0 fully saturated rings. The summed E-state index contributed by atoms with van der Waals surface area (Å²) < 4.78 is 10.7. The number of carbonyl (C=O) groups excluding carboxylic acids is 3. The molecule has 8 heteroatoms. The summed E-state index contributed by atoms with van der Waals surface area (Å²) >= 11 is 0. The van der Waals surface area contributed by atoms with Crippen molar-refractivity contribution in [2.45, 2.75) is 45.1 Å². The molecule has 0 saturated heterocycles. The zero-order valence-corrected chi connectivity index (χ0v) is 20.1. The number of amides is 2. The van der Waals surface area contributed by atoms with Gasteiger partial charge < -0.3 is 14.6 Å². The van der Waals surface area contributed by atoms with Crippen LogP contribution < -0.4 is 5.43 Å². The van der Waals surface area contributed by atoms with Crippen LogP contribution in [-0.2, 0) is 33.9 Å². The van der Waals surface area contributed by atoms with E-state index in [1.165, 1.54) is 6.92 Å². The molecule has 8 nitrogen and oxygen atoms in total. The first-order valence-corrected chi connectivity index (χ1v) is 11.6. The predicted molar refractivity (Wildman–Crippen MR) is 133 cm³/mol. The number of nitrogens with zero attached hydrogens (tertiary/aromatic N) is 1. The predicted octanol–water partition coefficient (Wildman–Crippen LogP) is 4.42. The molecule has 3 aromatic rings. The van der Waals surface area contributed by atoms with Gasteiger partial charge in [0.1, 0.15) is 19.0 Å². The van der Waals surface area contributed by atoms with E-state index in [-0.39, 0.29) is 31.8 Å². The van der Waals surface area contributed by atoms with Gasteiger partial charge >= 0.3 is 12.2 Å². The quantitative estimate of drug-likeness (QED) is 0.408. The number of ether oxygens (including phenoxy) is 2. The van der Waals surface area contributed by atoms with Gasteiger partial charge in [-0.1, -0.05) is 91.0 Å². The van der Waals surface area contributed by atoms with E-state index in [1.807, 2.05) is 66.7 Å². The molecule has 0 spiro atoms. The first kappa shape index (κ1) is 26.4. The second-order valence-corrected chi connectivity index (χ2v) is 8.31. The highest BCUT2D eigenvalue weighted by Gasteiger charge is 2.34. The molecule has 36 heavy (non-hydrogen) atoms. The number of hydrazine groups is 1. The topological polar surface area (TPSA) is 105 Å². The van der Waals surface area contributed by atoms with Crippen LogP contribution in [0.4, 0.5) is 9.59 Å². The molecule has 3 rings (SSSR count). The summed E-state index contributed by atoms with van der Waals surface area (Å²) in [6.45, 7) is 1.29. The van der Waals surface area contributed by atoms with Gasteiger partial charge in [0, 0.05) is 6.42 Å². The molecule has 0 aliphatic heterocycles. The Balaban J connectivity index is 1.81. The molecule has 3 aromatic carbocycles. The Morgan fingerprint density at radius 1 is 0.778 bits per heavy atom. The summed E-state index contributed by atoms with van der Waals surface area (Å²) in [5.41, 5.74) is 4.74. The van der Waals surface area contributed by atoms with Gasteiger partial charge in [0.2, 0.25) is 0 Å². The van der Waals surface area contributed by atoms with Crippen molar-refractivity contribution < 1.29 is 29.0 Å². The van der Waals surface area contributed by atoms with Crippen LogP contribution in [0.3, 0.4) is 0 Å². The molecule has 0 saturated carbocycles. The van der Waals surface area contributed by atoms with E-state index in [2.05, 4.69) is 5.43 Å². The lowest BCUT2D eigenvalue weighted by Gasteiger charge is -2.33. The average Bonchev–Trinajstić information content (AvgIpc) is 2.89. The first-order valence-electron chi connectivity index (χ1n) is 11.6. The molecular weight excluding hydrogens is 460 g/mol. The number of rotatable bonds is 10. The first-order chi connectivity index (χ1) is 17.4. The van der Waals surface area contributed by atoms with E-state index in [1.54, 1.807) is 24.3 Å². The van der Waals surface area contributed by atoms with Gasteiger partial charge in [0.15, 0.2) is 0 Å². The van der Waals surface area contributed by atoms with Gasteiger partial charge in [0.25, 0.3) is 0 Å². The Morgan fingerprint density at radius 3 is 1.75 bits per heavy atom. The maximum atomic E-state index is 13.2. The fraction of sp³-hybridized carbons (Fsp3) is 0.250. The maximum absolute atomic E-state index is 13.2. The molecule has 0 radical (unpaired) electrons. The highest BCUT2D eigenvalue weighted by atomic mass is 16.6. The van der Waals surface area contributed by atoms with Crippen molar-refractivity contribution in [3.05, 3.63) is 108 Å². The minimum absolute atomic E-state index is 0.0150. The zero-order chi connectivity index (χ0) is 25.8. The lowest BCUT2D eigenvalue weighted by molar-refractivity contribution is -0.120. The third-order valence-electron chi connectivity index (χ3n) is 5.39. The second-order valence-electron chi connectivity index (χ2n) is 8.31. The standard InChI is InChI=1S/C28H30N2O6/c1-21(31)17-26(32)25(18-22-11-5-2-6-12-22)30(28(34)36-20-24-15-9-4-10-16-24)29-27(33)35-19-23-13-7-3-8-14-23/h2-16,25-26,32H,17-20H2,1H3,(H,29,33)/t25-,26+/m0/s1. The second kappa shape index (κ2) is 13.7. The van der Waals surface area contributed by atoms with Gasteiger partial charge in [-0.05, 0) is 30.0 Å². The van der Waals surface area contributed by atoms with Gasteiger partial charge in [-0.25, -0.2) is 20.0 Å². The normalized spacial score (nSPS) is 12.2. The number of nitrogens with one attached hydrogen (secondary N) is 1. The van der Waals surface area contributed by atoms with Crippen molar-refractivity contribution in [1.29, 1.82) is 0 Å². The Kier molecular flexibility index (Phi) is 10.0. The minimum atomic E-state index is -1.26. The minimum Gasteiger partial charge on any atom is -0.443 e. The zero-order valence-electron chi connectivity index (χ0n) is 20.1. The lowest BCUT2D eigenvalue weighted by Crippen LogP contribution is -2.57. The van der Waals surface area contributed by atoms with E-state index >= 15 is 0 Å². The summed E-state index contributed by atoms with van der Waals surface area (Å²) in [5, 5.41) is 11.8. The van der Waals surface area contributed by atoms with Crippen LogP contribution in [0.1, 0.15) is 30.0 Å². The summed E-state index contributed by atoms with van der Waals surface area (Å²) in [4.78, 5) is 37.7. The van der Waals surface area contributed by atoms with Crippen LogP contribution in [0.2, 0.25) is 0 Å². The third kappa shape index (κ3) is 8.56. The molecule has 0 aliphatic rings. The van der Waals surface area contributed by atoms with Crippen molar-refractivity contribution in [1.82, 2.24) is 10.4 Å². The maximum Gasteiger partial charge on any atom is 0.429 e. The van der Waals surface area contributed by atoms with Crippen LogP contribution in [0.15, 0.2) is 91.0 Å². The number of carbonyl (C=O) groups is 3. The molecule has 188 valence electrons. The largest absolute Gasteiger partial charge is 0.443 e. The number of hydrogen-bond acceptors (Lipinski definition) is 6. The lowest BCUT2D eigenvalue weighted by atomic mass is 9.97. The fourth-order valence-electron chi connectivity index (χ4n) is 3.59. The van der Waals surface area contributed by atoms with Crippen LogP contribution >= 0.6 is 0 Å². The van der Waals surface area contributed by atoms with Crippen molar-refractivity contribution in [3.63, 3.8) is 0 Å². The van der Waals surface area contributed by atoms with Crippen LogP contribution in [-0.4, -0.2) is 40.2 Å². The number of Topliss-reactive ketones (excluding diaryl/α,β-unsaturated/α-hetero) is 1. The van der Waals surface area contributed by atoms with Crippen molar-refractivity contribution in [2.24, 2.45) is 0 Å². The SMILES string of the molecule is CC(=O)C[C@@H](O)[C@H](Cc1ccccc1)N(NC(=O)OCc1ccccc1)C(=O)OCc1ccccc1. The number of hydrogen-bond donors (Lipinski definition) is 2. The number of aliphatic hydroxyl groups excluding tert-OH is 1. The Hall–Kier alpha value is -4.17. The molecule has 0 heterocycles. The highest BCUT2D eigenvalue weighted by molar-refractivity contribution is 5.77. The Labute approximate surface area is 210 Å². The van der Waals surface area contributed by atoms with E-state index in [9.17, 15) is 19.5 Å². The van der Waals surface area contributed by atoms with E-state index in [0.29, 0.717) is 0 Å². The Bertz CT molecular complexity index is 1110. The van der Waals surface area contributed by atoms with Gasteiger partial charge in [-0.2, -0.15) is 0 Å². The average molecular weight is 491 g/mol. The highest BCUT2D eigenvalue weighted by Crippen LogP contribution is 2.16. The van der Waals surface area contributed by atoms with Crippen LogP contribution in [0.25, 0.3) is 0 Å². The van der Waals surface area contributed by atoms with Crippen LogP contribution in [0.5, 0.6) is 0 Å². The summed E-state index contributed by atoms with van der Waals surface area (Å²) in [6, 6.07) is 26.3. The molecule has 2 N–H and O–H groups in total. The molecule has 2 amide bonds. The van der Waals surface area contributed by atoms with E-state index < -0.39 is 24.3 Å². The molecule has 2 atom stereocenters. The van der Waals surface area contributed by atoms with Crippen molar-refractivity contribution in [3.8, 4) is 0 Å². The van der Waals surface area contributed by atoms with Gasteiger partial charge in [-0.3, -0.25) is 4.79 Å². The summed E-state index contributed by atoms with van der Waals surface area (Å²) in [6.07, 6.45) is -3.10. The molecule has 0 unspecified atom stereocenters. The molecule has 0 aromatic heterocycles. The summed E-state index contributed by atoms with van der Waals surface area (Å²) in [5.74, 6) is -0.259. The van der Waals surface area contributed by atoms with Gasteiger partial charge in [-0.15, -0.1) is 0 Å². The molecule has 0 bridgehead atoms. The van der Waals surface area contributed by atoms with Crippen molar-refractivity contribution in [2.75, 3.05) is 0 Å². The van der Waals surface area contributed by atoms with Gasteiger partial charge in [0.05, 0.1) is 12.1 Å². The number of ketones is 1. The monoisotopic (exact) mass is 490 g/mol. The molecule has 0 aliphatic carbocycles. The van der Waals surface area contributed by atoms with E-state index in [0.717, 1.165) is 21.7 Å². The smallest absolute Gasteiger partial charge is 0.429 e.